The lowest BCUT2D eigenvalue weighted by atomic mass is 9.93. The Morgan fingerprint density at radius 1 is 0.980 bits per heavy atom. The minimum absolute atomic E-state index is 0.118. The molecule has 0 spiro atoms. The number of carbonyl (C=O) groups is 2. The fourth-order valence-corrected chi connectivity index (χ4v) is 6.62. The zero-order valence-electron chi connectivity index (χ0n) is 29.1. The molecule has 2 saturated heterocycles. The monoisotopic (exact) mass is 680 g/mol. The molecule has 6 heterocycles. The largest absolute Gasteiger partial charge is 0.473 e. The van der Waals surface area contributed by atoms with Crippen molar-refractivity contribution in [3.05, 3.63) is 89.1 Å². The van der Waals surface area contributed by atoms with Crippen molar-refractivity contribution in [3.8, 4) is 5.88 Å². The molecule has 12 heteroatoms. The van der Waals surface area contributed by atoms with Crippen LogP contribution in [0.15, 0.2) is 60.8 Å². The van der Waals surface area contributed by atoms with Crippen molar-refractivity contribution < 1.29 is 28.5 Å². The molecule has 50 heavy (non-hydrogen) atoms. The number of nitrogens with zero attached hydrogens (tertiary/aromatic N) is 6. The van der Waals surface area contributed by atoms with Gasteiger partial charge in [0.2, 0.25) is 5.88 Å². The van der Waals surface area contributed by atoms with Crippen LogP contribution in [0.5, 0.6) is 5.88 Å². The first-order valence-corrected chi connectivity index (χ1v) is 17.3. The minimum atomic E-state index is -0.567. The Morgan fingerprint density at radius 3 is 2.54 bits per heavy atom. The molecule has 1 aromatic carbocycles. The summed E-state index contributed by atoms with van der Waals surface area (Å²) in [7, 11) is 1.37. The number of hydrogen-bond acceptors (Lipinski definition) is 10. The number of pyridine rings is 2. The number of likely N-dealkylation sites (tertiary alicyclic amines) is 1. The molecule has 262 valence electrons. The van der Waals surface area contributed by atoms with E-state index in [4.69, 9.17) is 28.9 Å². The van der Waals surface area contributed by atoms with E-state index in [1.807, 2.05) is 69.4 Å². The van der Waals surface area contributed by atoms with Gasteiger partial charge in [0.1, 0.15) is 18.0 Å². The van der Waals surface area contributed by atoms with Crippen molar-refractivity contribution in [3.63, 3.8) is 0 Å². The third-order valence-corrected chi connectivity index (χ3v) is 9.33. The highest BCUT2D eigenvalue weighted by Gasteiger charge is 2.27. The van der Waals surface area contributed by atoms with E-state index in [0.29, 0.717) is 42.8 Å². The molecule has 0 radical (unpaired) electrons. The number of carbonyl (C=O) groups excluding carboxylic acids is 2. The van der Waals surface area contributed by atoms with E-state index in [-0.39, 0.29) is 24.5 Å². The molecule has 0 amide bonds. The predicted octanol–water partition coefficient (Wildman–Crippen LogP) is 5.50. The van der Waals surface area contributed by atoms with Crippen LogP contribution in [0, 0.1) is 0 Å². The topological polar surface area (TPSA) is 122 Å². The molecular formula is C38H44N6O6. The standard InChI is InChI=1S/C38H44N6O6/c1-38(2,3)50-37(46)26-10-11-31-33(19-26)43(22-29-14-18-48-29)34(39-31)23-42-16-12-25(13-17-42)30-8-5-9-35(40-30)49-24-27-7-6-15-44-32(27)20-28(41-44)21-36(45)47-4/h5-11,15,19-20,25,29H,12-14,16-18,21-24H2,1-4H3/t29-/m0/s1. The highest BCUT2D eigenvalue weighted by atomic mass is 16.6. The van der Waals surface area contributed by atoms with Crippen LogP contribution in [0.25, 0.3) is 16.6 Å². The van der Waals surface area contributed by atoms with Crippen molar-refractivity contribution >= 4 is 28.5 Å². The van der Waals surface area contributed by atoms with E-state index in [1.165, 1.54) is 7.11 Å². The Balaban J connectivity index is 0.997. The molecule has 4 aromatic heterocycles. The van der Waals surface area contributed by atoms with Gasteiger partial charge < -0.3 is 23.5 Å². The second-order valence-electron chi connectivity index (χ2n) is 14.1. The summed E-state index contributed by atoms with van der Waals surface area (Å²) in [5.41, 5.74) is 5.27. The minimum Gasteiger partial charge on any atom is -0.473 e. The lowest BCUT2D eigenvalue weighted by molar-refractivity contribution is -0.139. The van der Waals surface area contributed by atoms with Gasteiger partial charge in [0.05, 0.1) is 60.5 Å². The van der Waals surface area contributed by atoms with Gasteiger partial charge in [-0.1, -0.05) is 12.1 Å². The number of aromatic nitrogens is 5. The summed E-state index contributed by atoms with van der Waals surface area (Å²) in [5.74, 6) is 1.23. The Labute approximate surface area is 291 Å². The van der Waals surface area contributed by atoms with Gasteiger partial charge in [-0.05, 0) is 89.5 Å². The number of fused-ring (bicyclic) bond motifs is 2. The van der Waals surface area contributed by atoms with Gasteiger partial charge in [-0.25, -0.2) is 19.3 Å². The second-order valence-corrected chi connectivity index (χ2v) is 14.1. The lowest BCUT2D eigenvalue weighted by Crippen LogP contribution is -2.35. The first kappa shape index (κ1) is 33.7. The first-order chi connectivity index (χ1) is 24.1. The predicted molar refractivity (Wildman–Crippen MR) is 186 cm³/mol. The highest BCUT2D eigenvalue weighted by molar-refractivity contribution is 5.94. The van der Waals surface area contributed by atoms with E-state index < -0.39 is 5.60 Å². The molecule has 12 nitrogen and oxygen atoms in total. The van der Waals surface area contributed by atoms with E-state index in [0.717, 1.165) is 72.6 Å². The molecule has 0 unspecified atom stereocenters. The number of piperidine rings is 1. The Bertz CT molecular complexity index is 2000. The third-order valence-electron chi connectivity index (χ3n) is 9.33. The van der Waals surface area contributed by atoms with E-state index in [1.54, 1.807) is 10.6 Å². The SMILES string of the molecule is COC(=O)Cc1cc2c(COc3cccc(C4CCN(Cc5nc6ccc(C(=O)OC(C)(C)C)cc6n5C[C@@H]5CCO5)CC4)n3)cccn2n1. The normalized spacial score (nSPS) is 17.2. The second kappa shape index (κ2) is 14.2. The van der Waals surface area contributed by atoms with Crippen LogP contribution in [0.1, 0.15) is 79.1 Å². The van der Waals surface area contributed by atoms with Gasteiger partial charge in [-0.3, -0.25) is 9.69 Å². The molecule has 0 N–H and O–H groups in total. The number of hydrogen-bond donors (Lipinski definition) is 0. The van der Waals surface area contributed by atoms with Gasteiger partial charge in [-0.15, -0.1) is 0 Å². The van der Waals surface area contributed by atoms with Crippen molar-refractivity contribution in [1.29, 1.82) is 0 Å². The Kier molecular flexibility index (Phi) is 9.56. The molecule has 0 aliphatic carbocycles. The number of ether oxygens (including phenoxy) is 4. The van der Waals surface area contributed by atoms with Gasteiger partial charge in [0, 0.05) is 36.0 Å². The van der Waals surface area contributed by atoms with E-state index in [9.17, 15) is 9.59 Å². The number of methoxy groups -OCH3 is 1. The quantitative estimate of drug-likeness (QED) is 0.165. The maximum Gasteiger partial charge on any atom is 0.338 e. The third kappa shape index (κ3) is 7.66. The smallest absolute Gasteiger partial charge is 0.338 e. The average molecular weight is 681 g/mol. The Morgan fingerprint density at radius 2 is 1.80 bits per heavy atom. The van der Waals surface area contributed by atoms with Gasteiger partial charge in [0.15, 0.2) is 0 Å². The number of benzene rings is 1. The van der Waals surface area contributed by atoms with Crippen molar-refractivity contribution in [2.45, 2.75) is 83.8 Å². The van der Waals surface area contributed by atoms with E-state index in [2.05, 4.69) is 20.6 Å². The van der Waals surface area contributed by atoms with Crippen LogP contribution < -0.4 is 4.74 Å². The van der Waals surface area contributed by atoms with Crippen molar-refractivity contribution in [2.75, 3.05) is 26.8 Å². The summed E-state index contributed by atoms with van der Waals surface area (Å²) in [5, 5.41) is 4.49. The summed E-state index contributed by atoms with van der Waals surface area (Å²) in [6, 6.07) is 17.4. The first-order valence-electron chi connectivity index (χ1n) is 17.3. The molecule has 0 bridgehead atoms. The highest BCUT2D eigenvalue weighted by Crippen LogP contribution is 2.30. The zero-order valence-corrected chi connectivity index (χ0v) is 29.1. The molecule has 2 aliphatic heterocycles. The van der Waals surface area contributed by atoms with E-state index >= 15 is 0 Å². The molecular weight excluding hydrogens is 636 g/mol. The summed E-state index contributed by atoms with van der Waals surface area (Å²) in [6.45, 7) is 10.00. The summed E-state index contributed by atoms with van der Waals surface area (Å²) >= 11 is 0. The van der Waals surface area contributed by atoms with Gasteiger partial charge in [0.25, 0.3) is 0 Å². The zero-order chi connectivity index (χ0) is 34.8. The number of rotatable bonds is 11. The van der Waals surface area contributed by atoms with Crippen LogP contribution in [-0.2, 0) is 45.1 Å². The fraction of sp³-hybridized carbons (Fsp3) is 0.447. The molecule has 5 aromatic rings. The maximum absolute atomic E-state index is 12.9. The fourth-order valence-electron chi connectivity index (χ4n) is 6.62. The van der Waals surface area contributed by atoms with Crippen molar-refractivity contribution in [2.24, 2.45) is 0 Å². The Hall–Kier alpha value is -4.81. The van der Waals surface area contributed by atoms with Crippen LogP contribution >= 0.6 is 0 Å². The molecule has 2 aliphatic rings. The van der Waals surface area contributed by atoms with Gasteiger partial charge >= 0.3 is 11.9 Å². The number of imidazole rings is 1. The molecule has 1 atom stereocenters. The van der Waals surface area contributed by atoms with Crippen LogP contribution in [0.3, 0.4) is 0 Å². The summed E-state index contributed by atoms with van der Waals surface area (Å²) in [6.07, 6.45) is 5.09. The number of esters is 2. The average Bonchev–Trinajstić information content (AvgIpc) is 3.65. The van der Waals surface area contributed by atoms with Crippen LogP contribution in [0.2, 0.25) is 0 Å². The summed E-state index contributed by atoms with van der Waals surface area (Å²) in [4.78, 5) is 37.0. The van der Waals surface area contributed by atoms with Crippen LogP contribution in [0.4, 0.5) is 0 Å². The summed E-state index contributed by atoms with van der Waals surface area (Å²) < 4.78 is 26.4. The lowest BCUT2D eigenvalue weighted by Gasteiger charge is -2.32. The maximum atomic E-state index is 12.9. The van der Waals surface area contributed by atoms with Crippen LogP contribution in [-0.4, -0.2) is 79.5 Å². The molecule has 0 saturated carbocycles. The van der Waals surface area contributed by atoms with Crippen molar-refractivity contribution in [1.82, 2.24) is 29.0 Å². The molecule has 7 rings (SSSR count). The van der Waals surface area contributed by atoms with Gasteiger partial charge in [-0.2, -0.15) is 5.10 Å². The molecule has 2 fully saturated rings.